The van der Waals surface area contributed by atoms with Gasteiger partial charge in [-0.1, -0.05) is 6.07 Å². The molecule has 0 saturated heterocycles. The van der Waals surface area contributed by atoms with Gasteiger partial charge in [-0.25, -0.2) is 8.78 Å². The van der Waals surface area contributed by atoms with Gasteiger partial charge in [-0.2, -0.15) is 0 Å². The summed E-state index contributed by atoms with van der Waals surface area (Å²) in [7, 11) is 0. The Morgan fingerprint density at radius 1 is 1.31 bits per heavy atom. The average molecular weight is 182 g/mol. The fraction of sp³-hybridized carbons (Fsp3) is 0. The van der Waals surface area contributed by atoms with Crippen LogP contribution in [0.4, 0.5) is 8.78 Å². The van der Waals surface area contributed by atoms with Crippen LogP contribution in [0.2, 0.25) is 0 Å². The van der Waals surface area contributed by atoms with Gasteiger partial charge in [0.1, 0.15) is 11.6 Å². The lowest BCUT2D eigenvalue weighted by Gasteiger charge is -2.01. The van der Waals surface area contributed by atoms with Crippen LogP contribution in [0.1, 0.15) is 5.56 Å². The van der Waals surface area contributed by atoms with Crippen molar-refractivity contribution in [3.8, 4) is 0 Å². The molecule has 0 bridgehead atoms. The van der Waals surface area contributed by atoms with E-state index >= 15 is 0 Å². The zero-order valence-electron chi connectivity index (χ0n) is 6.72. The molecule has 68 valence electrons. The predicted octanol–water partition coefficient (Wildman–Crippen LogP) is 1.81. The molecule has 13 heavy (non-hydrogen) atoms. The molecule has 0 spiro atoms. The fourth-order valence-corrected chi connectivity index (χ4v) is 0.935. The summed E-state index contributed by atoms with van der Waals surface area (Å²) >= 11 is 0. The van der Waals surface area contributed by atoms with Crippen molar-refractivity contribution in [1.82, 2.24) is 0 Å². The molecule has 1 aromatic rings. The van der Waals surface area contributed by atoms with Crippen LogP contribution in [0.3, 0.4) is 0 Å². The number of halogens is 2. The van der Waals surface area contributed by atoms with E-state index in [2.05, 4.69) is 0 Å². The van der Waals surface area contributed by atoms with Gasteiger partial charge in [-0.3, -0.25) is 0 Å². The summed E-state index contributed by atoms with van der Waals surface area (Å²) in [4.78, 5) is 0. The number of nitrogens with one attached hydrogen (secondary N) is 1. The van der Waals surface area contributed by atoms with Gasteiger partial charge in [-0.05, 0) is 24.4 Å². The van der Waals surface area contributed by atoms with Crippen LogP contribution >= 0.6 is 0 Å². The Bertz CT molecular complexity index is 338. The highest BCUT2D eigenvalue weighted by Gasteiger charge is 2.10. The minimum Gasteiger partial charge on any atom is -0.405 e. The maximum atomic E-state index is 13.0. The van der Waals surface area contributed by atoms with E-state index in [1.54, 1.807) is 0 Å². The van der Waals surface area contributed by atoms with Crippen molar-refractivity contribution in [2.75, 3.05) is 0 Å². The predicted molar refractivity (Wildman–Crippen MR) is 46.5 cm³/mol. The first-order valence-electron chi connectivity index (χ1n) is 3.58. The highest BCUT2D eigenvalue weighted by atomic mass is 19.1. The van der Waals surface area contributed by atoms with E-state index in [0.29, 0.717) is 0 Å². The van der Waals surface area contributed by atoms with Crippen LogP contribution in [-0.2, 0) is 0 Å². The Kier molecular flexibility index (Phi) is 2.74. The normalized spacial score (nSPS) is 10.6. The van der Waals surface area contributed by atoms with Crippen LogP contribution in [0.15, 0.2) is 30.5 Å². The number of hydrogen-bond donors (Lipinski definition) is 2. The zero-order chi connectivity index (χ0) is 9.84. The summed E-state index contributed by atoms with van der Waals surface area (Å²) in [5.41, 5.74) is 4.36. The molecule has 0 saturated carbocycles. The first-order valence-corrected chi connectivity index (χ1v) is 3.58. The number of hydrogen-bond acceptors (Lipinski definition) is 2. The third kappa shape index (κ3) is 1.90. The molecule has 4 heteroatoms. The first-order chi connectivity index (χ1) is 6.16. The quantitative estimate of drug-likeness (QED) is 0.673. The Balaban J connectivity index is 3.20. The summed E-state index contributed by atoms with van der Waals surface area (Å²) in [6.07, 6.45) is 2.19. The molecule has 0 heterocycles. The fourth-order valence-electron chi connectivity index (χ4n) is 0.935. The van der Waals surface area contributed by atoms with Crippen molar-refractivity contribution >= 4 is 5.71 Å². The molecule has 0 aliphatic heterocycles. The number of allylic oxidation sites excluding steroid dienone is 1. The topological polar surface area (TPSA) is 49.9 Å². The summed E-state index contributed by atoms with van der Waals surface area (Å²) in [6, 6.07) is 3.43. The van der Waals surface area contributed by atoms with Gasteiger partial charge in [0.25, 0.3) is 0 Å². The molecule has 0 amide bonds. The van der Waals surface area contributed by atoms with Gasteiger partial charge in [0, 0.05) is 0 Å². The smallest absolute Gasteiger partial charge is 0.135 e. The Morgan fingerprint density at radius 3 is 2.31 bits per heavy atom. The second kappa shape index (κ2) is 3.80. The first kappa shape index (κ1) is 9.38. The average Bonchev–Trinajstić information content (AvgIpc) is 2.04. The highest BCUT2D eigenvalue weighted by Crippen LogP contribution is 2.12. The number of benzene rings is 1. The van der Waals surface area contributed by atoms with Crippen LogP contribution in [0, 0.1) is 17.0 Å². The lowest BCUT2D eigenvalue weighted by molar-refractivity contribution is 0.579. The molecular weight excluding hydrogens is 174 g/mol. The summed E-state index contributed by atoms with van der Waals surface area (Å²) in [6.45, 7) is 0. The molecule has 0 fully saturated rings. The second-order valence-corrected chi connectivity index (χ2v) is 2.37. The minimum absolute atomic E-state index is 0.280. The largest absolute Gasteiger partial charge is 0.405 e. The van der Waals surface area contributed by atoms with Crippen LogP contribution in [-0.4, -0.2) is 5.71 Å². The van der Waals surface area contributed by atoms with Crippen LogP contribution in [0.25, 0.3) is 0 Å². The molecule has 3 N–H and O–H groups in total. The Labute approximate surface area is 74.2 Å². The third-order valence-corrected chi connectivity index (χ3v) is 1.49. The van der Waals surface area contributed by atoms with E-state index in [-0.39, 0.29) is 11.3 Å². The van der Waals surface area contributed by atoms with Crippen LogP contribution < -0.4 is 5.73 Å². The molecule has 1 rings (SSSR count). The van der Waals surface area contributed by atoms with E-state index in [0.717, 1.165) is 24.4 Å². The van der Waals surface area contributed by atoms with Crippen molar-refractivity contribution in [2.24, 2.45) is 5.73 Å². The zero-order valence-corrected chi connectivity index (χ0v) is 6.72. The Morgan fingerprint density at radius 2 is 1.85 bits per heavy atom. The van der Waals surface area contributed by atoms with Gasteiger partial charge < -0.3 is 11.1 Å². The second-order valence-electron chi connectivity index (χ2n) is 2.37. The van der Waals surface area contributed by atoms with Gasteiger partial charge >= 0.3 is 0 Å². The number of nitrogens with two attached hydrogens (primary N) is 1. The van der Waals surface area contributed by atoms with E-state index in [4.69, 9.17) is 11.1 Å². The molecule has 0 aliphatic carbocycles. The van der Waals surface area contributed by atoms with Gasteiger partial charge in [-0.15, -0.1) is 0 Å². The molecule has 0 aromatic heterocycles. The van der Waals surface area contributed by atoms with Crippen molar-refractivity contribution in [3.05, 3.63) is 47.7 Å². The standard InChI is InChI=1S/C9H8F2N2/c10-6-2-1-3-7(11)9(6)8(13)4-5-12/h1-5,13H,12H2/b5-4-,13-8?. The van der Waals surface area contributed by atoms with Gasteiger partial charge in [0.2, 0.25) is 0 Å². The molecule has 0 radical (unpaired) electrons. The van der Waals surface area contributed by atoms with Gasteiger partial charge in [0.05, 0.1) is 11.3 Å². The molecule has 0 unspecified atom stereocenters. The minimum atomic E-state index is -0.761. The van der Waals surface area contributed by atoms with E-state index in [1.807, 2.05) is 0 Å². The SMILES string of the molecule is N=C(/C=C\N)c1c(F)cccc1F. The van der Waals surface area contributed by atoms with Crippen molar-refractivity contribution in [2.45, 2.75) is 0 Å². The molecule has 2 nitrogen and oxygen atoms in total. The molecular formula is C9H8F2N2. The molecule has 0 aliphatic rings. The summed E-state index contributed by atoms with van der Waals surface area (Å²) in [5, 5.41) is 7.26. The van der Waals surface area contributed by atoms with E-state index < -0.39 is 11.6 Å². The van der Waals surface area contributed by atoms with E-state index in [1.165, 1.54) is 6.07 Å². The molecule has 0 atom stereocenters. The highest BCUT2D eigenvalue weighted by molar-refractivity contribution is 6.06. The van der Waals surface area contributed by atoms with Crippen molar-refractivity contribution < 1.29 is 8.78 Å². The summed E-state index contributed by atoms with van der Waals surface area (Å²) in [5.74, 6) is -1.52. The lowest BCUT2D eigenvalue weighted by Crippen LogP contribution is -2.03. The van der Waals surface area contributed by atoms with Crippen molar-refractivity contribution in [3.63, 3.8) is 0 Å². The maximum absolute atomic E-state index is 13.0. The number of rotatable bonds is 2. The Hall–Kier alpha value is -1.71. The van der Waals surface area contributed by atoms with Gasteiger partial charge in [0.15, 0.2) is 0 Å². The lowest BCUT2D eigenvalue weighted by atomic mass is 10.1. The van der Waals surface area contributed by atoms with Crippen molar-refractivity contribution in [1.29, 1.82) is 5.41 Å². The van der Waals surface area contributed by atoms with E-state index in [9.17, 15) is 8.78 Å². The maximum Gasteiger partial charge on any atom is 0.135 e. The molecule has 1 aromatic carbocycles. The third-order valence-electron chi connectivity index (χ3n) is 1.49. The van der Waals surface area contributed by atoms with Crippen LogP contribution in [0.5, 0.6) is 0 Å². The summed E-state index contributed by atoms with van der Waals surface area (Å²) < 4.78 is 25.9. The monoisotopic (exact) mass is 182 g/mol.